The van der Waals surface area contributed by atoms with Crippen molar-refractivity contribution < 1.29 is 0 Å². The van der Waals surface area contributed by atoms with E-state index in [1.165, 1.54) is 48.4 Å². The third kappa shape index (κ3) is 3.69. The lowest BCUT2D eigenvalue weighted by Gasteiger charge is -2.32. The molecule has 2 heterocycles. The lowest BCUT2D eigenvalue weighted by Crippen LogP contribution is -2.43. The highest BCUT2D eigenvalue weighted by atomic mass is 15.2. The molecule has 3 rings (SSSR count). The molecule has 0 bridgehead atoms. The second-order valence-corrected chi connectivity index (χ2v) is 6.03. The van der Waals surface area contributed by atoms with Crippen LogP contribution in [0.4, 0.5) is 0 Å². The maximum absolute atomic E-state index is 4.27. The molecule has 3 nitrogen and oxygen atoms in total. The standard InChI is InChI=1S/C18H23N3/c1-15-11-18(13-19-12-15)17-5-3-16(4-6-17)14-21-9-7-20(2)8-10-21/h3-6,11-13H,7-10,14H2,1-2H3. The second kappa shape index (κ2) is 6.37. The maximum atomic E-state index is 4.27. The molecule has 1 aliphatic heterocycles. The average Bonchev–Trinajstić information content (AvgIpc) is 2.50. The summed E-state index contributed by atoms with van der Waals surface area (Å²) in [5, 5.41) is 0. The van der Waals surface area contributed by atoms with Gasteiger partial charge in [-0.15, -0.1) is 0 Å². The van der Waals surface area contributed by atoms with Crippen molar-refractivity contribution in [3.63, 3.8) is 0 Å². The normalized spacial score (nSPS) is 17.0. The topological polar surface area (TPSA) is 19.4 Å². The average molecular weight is 281 g/mol. The largest absolute Gasteiger partial charge is 0.304 e. The molecule has 0 amide bonds. The maximum Gasteiger partial charge on any atom is 0.0346 e. The van der Waals surface area contributed by atoms with Crippen molar-refractivity contribution in [2.24, 2.45) is 0 Å². The molecule has 1 saturated heterocycles. The van der Waals surface area contributed by atoms with E-state index in [1.54, 1.807) is 0 Å². The monoisotopic (exact) mass is 281 g/mol. The van der Waals surface area contributed by atoms with Gasteiger partial charge in [-0.05, 0) is 36.7 Å². The Morgan fingerprint density at radius 1 is 0.952 bits per heavy atom. The zero-order valence-electron chi connectivity index (χ0n) is 12.9. The number of likely N-dealkylation sites (N-methyl/N-ethyl adjacent to an activating group) is 1. The van der Waals surface area contributed by atoms with Gasteiger partial charge in [-0.25, -0.2) is 0 Å². The number of nitrogens with zero attached hydrogens (tertiary/aromatic N) is 3. The van der Waals surface area contributed by atoms with Gasteiger partial charge in [-0.3, -0.25) is 9.88 Å². The summed E-state index contributed by atoms with van der Waals surface area (Å²) in [6.07, 6.45) is 3.83. The highest BCUT2D eigenvalue weighted by Gasteiger charge is 2.13. The SMILES string of the molecule is Cc1cncc(-c2ccc(CN3CCN(C)CC3)cc2)c1. The van der Waals surface area contributed by atoms with E-state index in [0.29, 0.717) is 0 Å². The molecule has 1 aliphatic rings. The Morgan fingerprint density at radius 2 is 1.67 bits per heavy atom. The molecule has 0 N–H and O–H groups in total. The Balaban J connectivity index is 1.67. The van der Waals surface area contributed by atoms with Crippen LogP contribution in [0.1, 0.15) is 11.1 Å². The molecule has 0 saturated carbocycles. The van der Waals surface area contributed by atoms with Gasteiger partial charge in [-0.1, -0.05) is 24.3 Å². The van der Waals surface area contributed by atoms with Crippen LogP contribution in [0.3, 0.4) is 0 Å². The quantitative estimate of drug-likeness (QED) is 0.862. The Hall–Kier alpha value is -1.71. The van der Waals surface area contributed by atoms with E-state index in [1.807, 2.05) is 12.4 Å². The van der Waals surface area contributed by atoms with Crippen LogP contribution in [0.2, 0.25) is 0 Å². The smallest absolute Gasteiger partial charge is 0.0346 e. The van der Waals surface area contributed by atoms with Gasteiger partial charge in [0, 0.05) is 50.7 Å². The minimum absolute atomic E-state index is 1.06. The number of aromatic nitrogens is 1. The lowest BCUT2D eigenvalue weighted by atomic mass is 10.0. The highest BCUT2D eigenvalue weighted by Crippen LogP contribution is 2.20. The minimum atomic E-state index is 1.06. The van der Waals surface area contributed by atoms with Gasteiger partial charge in [-0.2, -0.15) is 0 Å². The van der Waals surface area contributed by atoms with Crippen LogP contribution in [0.5, 0.6) is 0 Å². The molecule has 0 atom stereocenters. The molecule has 1 aromatic heterocycles. The predicted molar refractivity (Wildman–Crippen MR) is 87.2 cm³/mol. The molecular weight excluding hydrogens is 258 g/mol. The Kier molecular flexibility index (Phi) is 4.32. The zero-order chi connectivity index (χ0) is 14.7. The van der Waals surface area contributed by atoms with Crippen molar-refractivity contribution >= 4 is 0 Å². The van der Waals surface area contributed by atoms with Crippen molar-refractivity contribution in [3.05, 3.63) is 53.9 Å². The molecule has 1 aromatic carbocycles. The van der Waals surface area contributed by atoms with Gasteiger partial charge in [0.25, 0.3) is 0 Å². The van der Waals surface area contributed by atoms with Gasteiger partial charge in [0.2, 0.25) is 0 Å². The molecule has 3 heteroatoms. The van der Waals surface area contributed by atoms with Crippen LogP contribution in [-0.2, 0) is 6.54 Å². The molecule has 0 aliphatic carbocycles. The number of benzene rings is 1. The van der Waals surface area contributed by atoms with E-state index in [4.69, 9.17) is 0 Å². The summed E-state index contributed by atoms with van der Waals surface area (Å²) in [6.45, 7) is 7.82. The first kappa shape index (κ1) is 14.2. The van der Waals surface area contributed by atoms with Gasteiger partial charge in [0.15, 0.2) is 0 Å². The summed E-state index contributed by atoms with van der Waals surface area (Å²) >= 11 is 0. The summed E-state index contributed by atoms with van der Waals surface area (Å²) < 4.78 is 0. The molecule has 110 valence electrons. The number of rotatable bonds is 3. The number of aryl methyl sites for hydroxylation is 1. The van der Waals surface area contributed by atoms with Crippen LogP contribution >= 0.6 is 0 Å². The molecule has 1 fully saturated rings. The molecule has 2 aromatic rings. The number of pyridine rings is 1. The van der Waals surface area contributed by atoms with Crippen LogP contribution in [0.25, 0.3) is 11.1 Å². The second-order valence-electron chi connectivity index (χ2n) is 6.03. The fourth-order valence-electron chi connectivity index (χ4n) is 2.78. The van der Waals surface area contributed by atoms with E-state index < -0.39 is 0 Å². The van der Waals surface area contributed by atoms with Crippen molar-refractivity contribution in [2.75, 3.05) is 33.2 Å². The van der Waals surface area contributed by atoms with Crippen molar-refractivity contribution in [2.45, 2.75) is 13.5 Å². The van der Waals surface area contributed by atoms with Gasteiger partial charge >= 0.3 is 0 Å². The molecule has 21 heavy (non-hydrogen) atoms. The van der Waals surface area contributed by atoms with Gasteiger partial charge in [0.05, 0.1) is 0 Å². The Labute approximate surface area is 127 Å². The summed E-state index contributed by atoms with van der Waals surface area (Å²) in [5.41, 5.74) is 5.03. The van der Waals surface area contributed by atoms with Crippen LogP contribution in [0, 0.1) is 6.92 Å². The first-order valence-corrected chi connectivity index (χ1v) is 7.62. The van der Waals surface area contributed by atoms with E-state index in [-0.39, 0.29) is 0 Å². The fourth-order valence-corrected chi connectivity index (χ4v) is 2.78. The van der Waals surface area contributed by atoms with E-state index in [0.717, 1.165) is 6.54 Å². The molecule has 0 spiro atoms. The third-order valence-electron chi connectivity index (χ3n) is 4.16. The van der Waals surface area contributed by atoms with Crippen LogP contribution in [0.15, 0.2) is 42.7 Å². The summed E-state index contributed by atoms with van der Waals surface area (Å²) in [4.78, 5) is 9.20. The molecule has 0 radical (unpaired) electrons. The number of hydrogen-bond acceptors (Lipinski definition) is 3. The molecule has 0 unspecified atom stereocenters. The van der Waals surface area contributed by atoms with Crippen LogP contribution < -0.4 is 0 Å². The van der Waals surface area contributed by atoms with Crippen LogP contribution in [-0.4, -0.2) is 48.0 Å². The van der Waals surface area contributed by atoms with E-state index in [9.17, 15) is 0 Å². The van der Waals surface area contributed by atoms with E-state index >= 15 is 0 Å². The number of piperazine rings is 1. The van der Waals surface area contributed by atoms with Crippen molar-refractivity contribution in [1.29, 1.82) is 0 Å². The van der Waals surface area contributed by atoms with Gasteiger partial charge in [0.1, 0.15) is 0 Å². The lowest BCUT2D eigenvalue weighted by molar-refractivity contribution is 0.148. The van der Waals surface area contributed by atoms with Crippen molar-refractivity contribution in [1.82, 2.24) is 14.8 Å². The molecular formula is C18H23N3. The first-order chi connectivity index (χ1) is 10.2. The van der Waals surface area contributed by atoms with Crippen molar-refractivity contribution in [3.8, 4) is 11.1 Å². The fraction of sp³-hybridized carbons (Fsp3) is 0.389. The summed E-state index contributed by atoms with van der Waals surface area (Å²) in [6, 6.07) is 11.1. The zero-order valence-corrected chi connectivity index (χ0v) is 12.9. The highest BCUT2D eigenvalue weighted by molar-refractivity contribution is 5.63. The third-order valence-corrected chi connectivity index (χ3v) is 4.16. The van der Waals surface area contributed by atoms with E-state index in [2.05, 4.69) is 59.1 Å². The Bertz CT molecular complexity index is 584. The minimum Gasteiger partial charge on any atom is -0.304 e. The first-order valence-electron chi connectivity index (χ1n) is 7.62. The summed E-state index contributed by atoms with van der Waals surface area (Å²) in [5.74, 6) is 0. The van der Waals surface area contributed by atoms with Gasteiger partial charge < -0.3 is 4.90 Å². The number of hydrogen-bond donors (Lipinski definition) is 0. The predicted octanol–water partition coefficient (Wildman–Crippen LogP) is 2.80. The Morgan fingerprint density at radius 3 is 2.33 bits per heavy atom. The summed E-state index contributed by atoms with van der Waals surface area (Å²) in [7, 11) is 2.20.